The van der Waals surface area contributed by atoms with Gasteiger partial charge in [-0.05, 0) is 6.07 Å². The smallest absolute Gasteiger partial charge is 0.405 e. The van der Waals surface area contributed by atoms with Gasteiger partial charge in [0.2, 0.25) is 0 Å². The molecule has 0 unspecified atom stereocenters. The van der Waals surface area contributed by atoms with E-state index in [4.69, 9.17) is 11.5 Å². The van der Waals surface area contributed by atoms with E-state index in [1.165, 1.54) is 0 Å². The van der Waals surface area contributed by atoms with Crippen LogP contribution >= 0.6 is 0 Å². The maximum atomic E-state index is 12.9. The van der Waals surface area contributed by atoms with E-state index in [1.807, 2.05) is 0 Å². The quantitative estimate of drug-likeness (QED) is 0.594. The van der Waals surface area contributed by atoms with Crippen LogP contribution in [0.2, 0.25) is 0 Å². The summed E-state index contributed by atoms with van der Waals surface area (Å²) in [5, 5.41) is 0. The lowest BCUT2D eigenvalue weighted by molar-refractivity contribution is -0.274. The third-order valence-electron chi connectivity index (χ3n) is 1.63. The first kappa shape index (κ1) is 11.6. The molecule has 0 radical (unpaired) electrons. The van der Waals surface area contributed by atoms with Crippen LogP contribution in [0.25, 0.3) is 0 Å². The highest BCUT2D eigenvalue weighted by atomic mass is 19.4. The van der Waals surface area contributed by atoms with Crippen LogP contribution in [-0.2, 0) is 6.54 Å². The molecule has 1 aromatic carbocycles. The lowest BCUT2D eigenvalue weighted by Crippen LogP contribution is -2.19. The molecule has 0 fully saturated rings. The van der Waals surface area contributed by atoms with Gasteiger partial charge in [-0.15, -0.1) is 13.2 Å². The summed E-state index contributed by atoms with van der Waals surface area (Å²) >= 11 is 0. The molecule has 4 N–H and O–H groups in total. The number of benzene rings is 1. The highest BCUT2D eigenvalue weighted by Gasteiger charge is 2.32. The number of hydrogen-bond donors (Lipinski definition) is 2. The van der Waals surface area contributed by atoms with Crippen molar-refractivity contribution in [3.8, 4) is 5.75 Å². The molecule has 0 amide bonds. The van der Waals surface area contributed by atoms with E-state index in [2.05, 4.69) is 4.74 Å². The number of nitrogens with two attached hydrogens (primary N) is 2. The molecular formula is C8H8F4N2O. The molecule has 0 saturated carbocycles. The molecule has 0 atom stereocenters. The standard InChI is InChI=1S/C8H8F4N2O/c9-5-2-7(15-8(10,11)12)4(3-13)1-6(5)14/h1-2H,3,13-14H2. The van der Waals surface area contributed by atoms with Crippen molar-refractivity contribution in [3.05, 3.63) is 23.5 Å². The van der Waals surface area contributed by atoms with Gasteiger partial charge in [0.05, 0.1) is 5.69 Å². The molecule has 3 nitrogen and oxygen atoms in total. The zero-order valence-electron chi connectivity index (χ0n) is 7.44. The van der Waals surface area contributed by atoms with Gasteiger partial charge < -0.3 is 16.2 Å². The van der Waals surface area contributed by atoms with E-state index in [1.54, 1.807) is 0 Å². The Morgan fingerprint density at radius 2 is 1.87 bits per heavy atom. The topological polar surface area (TPSA) is 61.3 Å². The van der Waals surface area contributed by atoms with Gasteiger partial charge >= 0.3 is 6.36 Å². The van der Waals surface area contributed by atoms with Gasteiger partial charge in [-0.1, -0.05) is 0 Å². The van der Waals surface area contributed by atoms with E-state index in [-0.39, 0.29) is 17.8 Å². The maximum absolute atomic E-state index is 12.9. The maximum Gasteiger partial charge on any atom is 0.573 e. The number of rotatable bonds is 2. The van der Waals surface area contributed by atoms with E-state index in [9.17, 15) is 17.6 Å². The normalized spacial score (nSPS) is 11.5. The molecule has 0 aliphatic carbocycles. The molecule has 0 bridgehead atoms. The molecule has 1 rings (SSSR count). The van der Waals surface area contributed by atoms with Crippen LogP contribution in [0.15, 0.2) is 12.1 Å². The molecule has 0 aliphatic rings. The first-order chi connectivity index (χ1) is 6.83. The predicted molar refractivity (Wildman–Crippen MR) is 45.4 cm³/mol. The van der Waals surface area contributed by atoms with Gasteiger partial charge in [-0.2, -0.15) is 0 Å². The molecule has 0 spiro atoms. The van der Waals surface area contributed by atoms with E-state index in [0.717, 1.165) is 6.07 Å². The Morgan fingerprint density at radius 3 is 2.33 bits per heavy atom. The molecule has 0 heterocycles. The summed E-state index contributed by atoms with van der Waals surface area (Å²) in [6, 6.07) is 1.57. The fraction of sp³-hybridized carbons (Fsp3) is 0.250. The van der Waals surface area contributed by atoms with E-state index in [0.29, 0.717) is 6.07 Å². The molecule has 0 aliphatic heterocycles. The molecular weight excluding hydrogens is 216 g/mol. The van der Waals surface area contributed by atoms with Gasteiger partial charge in [0.25, 0.3) is 0 Å². The van der Waals surface area contributed by atoms with Crippen LogP contribution in [0.1, 0.15) is 5.56 Å². The second kappa shape index (κ2) is 3.93. The number of anilines is 1. The molecule has 15 heavy (non-hydrogen) atoms. The van der Waals surface area contributed by atoms with Gasteiger partial charge in [0, 0.05) is 18.2 Å². The molecule has 0 aromatic heterocycles. The molecule has 1 aromatic rings. The van der Waals surface area contributed by atoms with Crippen LogP contribution < -0.4 is 16.2 Å². The zero-order valence-corrected chi connectivity index (χ0v) is 7.44. The summed E-state index contributed by atoms with van der Waals surface area (Å²) in [7, 11) is 0. The number of hydrogen-bond acceptors (Lipinski definition) is 3. The Bertz CT molecular complexity index is 364. The van der Waals surface area contributed by atoms with Crippen molar-refractivity contribution >= 4 is 5.69 Å². The minimum absolute atomic E-state index is 0.00812. The Morgan fingerprint density at radius 1 is 1.27 bits per heavy atom. The van der Waals surface area contributed by atoms with Crippen molar-refractivity contribution in [2.75, 3.05) is 5.73 Å². The summed E-state index contributed by atoms with van der Waals surface area (Å²) in [6.07, 6.45) is -4.88. The number of halogens is 4. The second-order valence-electron chi connectivity index (χ2n) is 2.73. The SMILES string of the molecule is NCc1cc(N)c(F)cc1OC(F)(F)F. The van der Waals surface area contributed by atoms with E-state index >= 15 is 0 Å². The first-order valence-corrected chi connectivity index (χ1v) is 3.87. The van der Waals surface area contributed by atoms with Crippen molar-refractivity contribution in [1.82, 2.24) is 0 Å². The number of alkyl halides is 3. The second-order valence-corrected chi connectivity index (χ2v) is 2.73. The Hall–Kier alpha value is -1.50. The van der Waals surface area contributed by atoms with Crippen LogP contribution in [0.5, 0.6) is 5.75 Å². The van der Waals surface area contributed by atoms with Crippen LogP contribution in [0, 0.1) is 5.82 Å². The van der Waals surface area contributed by atoms with Crippen molar-refractivity contribution < 1.29 is 22.3 Å². The number of ether oxygens (including phenoxy) is 1. The summed E-state index contributed by atoms with van der Waals surface area (Å²) in [5.74, 6) is -1.65. The van der Waals surface area contributed by atoms with Gasteiger partial charge in [0.1, 0.15) is 11.6 Å². The minimum atomic E-state index is -4.88. The highest BCUT2D eigenvalue weighted by Crippen LogP contribution is 2.29. The summed E-state index contributed by atoms with van der Waals surface area (Å²) in [5.41, 5.74) is 10.0. The third kappa shape index (κ3) is 2.98. The average Bonchev–Trinajstić information content (AvgIpc) is 2.08. The predicted octanol–water partition coefficient (Wildman–Crippen LogP) is 1.77. The van der Waals surface area contributed by atoms with Crippen molar-refractivity contribution in [1.29, 1.82) is 0 Å². The average molecular weight is 224 g/mol. The Labute approximate surface area is 82.6 Å². The van der Waals surface area contributed by atoms with Gasteiger partial charge in [-0.3, -0.25) is 0 Å². The van der Waals surface area contributed by atoms with Crippen molar-refractivity contribution in [2.24, 2.45) is 5.73 Å². The van der Waals surface area contributed by atoms with Gasteiger partial charge in [0.15, 0.2) is 0 Å². The molecule has 0 saturated heterocycles. The minimum Gasteiger partial charge on any atom is -0.405 e. The summed E-state index contributed by atoms with van der Waals surface area (Å²) < 4.78 is 52.1. The van der Waals surface area contributed by atoms with Crippen LogP contribution in [-0.4, -0.2) is 6.36 Å². The fourth-order valence-electron chi connectivity index (χ4n) is 0.998. The van der Waals surface area contributed by atoms with E-state index < -0.39 is 17.9 Å². The monoisotopic (exact) mass is 224 g/mol. The molecule has 84 valence electrons. The largest absolute Gasteiger partial charge is 0.573 e. The van der Waals surface area contributed by atoms with Gasteiger partial charge in [-0.25, -0.2) is 4.39 Å². The zero-order chi connectivity index (χ0) is 11.6. The lowest BCUT2D eigenvalue weighted by Gasteiger charge is -2.13. The van der Waals surface area contributed by atoms with Crippen molar-refractivity contribution in [3.63, 3.8) is 0 Å². The first-order valence-electron chi connectivity index (χ1n) is 3.87. The van der Waals surface area contributed by atoms with Crippen LogP contribution in [0.3, 0.4) is 0 Å². The number of nitrogen functional groups attached to an aromatic ring is 1. The van der Waals surface area contributed by atoms with Crippen molar-refractivity contribution in [2.45, 2.75) is 12.9 Å². The Kier molecular flexibility index (Phi) is 3.04. The summed E-state index contributed by atoms with van der Waals surface area (Å²) in [6.45, 7) is -0.226. The Balaban J connectivity index is 3.11. The lowest BCUT2D eigenvalue weighted by atomic mass is 10.1. The third-order valence-corrected chi connectivity index (χ3v) is 1.63. The highest BCUT2D eigenvalue weighted by molar-refractivity contribution is 5.49. The van der Waals surface area contributed by atoms with Crippen LogP contribution in [0.4, 0.5) is 23.2 Å². The summed E-state index contributed by atoms with van der Waals surface area (Å²) in [4.78, 5) is 0. The fourth-order valence-corrected chi connectivity index (χ4v) is 0.998. The molecule has 7 heteroatoms.